The molecule has 21 heavy (non-hydrogen) atoms. The molecule has 2 atom stereocenters. The maximum atomic E-state index is 6.26. The minimum Gasteiger partial charge on any atom is -0.308 e. The summed E-state index contributed by atoms with van der Waals surface area (Å²) in [6, 6.07) is 12.8. The van der Waals surface area contributed by atoms with Crippen LogP contribution in [0.15, 0.2) is 36.4 Å². The number of hydrogen-bond donors (Lipinski definition) is 1. The predicted octanol–water partition coefficient (Wildman–Crippen LogP) is 5.01. The number of halogens is 2. The van der Waals surface area contributed by atoms with E-state index in [0.29, 0.717) is 0 Å². The third-order valence-electron chi connectivity index (χ3n) is 3.35. The normalized spacial score (nSPS) is 14.4. The van der Waals surface area contributed by atoms with Crippen molar-refractivity contribution in [1.82, 2.24) is 10.2 Å². The number of nitrogens with zero attached hydrogens (tertiary/aromatic N) is 1. The second-order valence-electron chi connectivity index (χ2n) is 5.39. The summed E-state index contributed by atoms with van der Waals surface area (Å²) in [6.45, 7) is 3.04. The van der Waals surface area contributed by atoms with Crippen LogP contribution in [0, 0.1) is 0 Å². The zero-order valence-electron chi connectivity index (χ0n) is 12.4. The number of thiophene rings is 1. The highest BCUT2D eigenvalue weighted by molar-refractivity contribution is 7.20. The van der Waals surface area contributed by atoms with Gasteiger partial charge in [-0.05, 0) is 38.2 Å². The molecule has 0 saturated carbocycles. The molecule has 1 aromatic heterocycles. The molecule has 0 bridgehead atoms. The van der Waals surface area contributed by atoms with Crippen molar-refractivity contribution in [2.45, 2.75) is 19.0 Å². The van der Waals surface area contributed by atoms with E-state index in [-0.39, 0.29) is 12.1 Å². The van der Waals surface area contributed by atoms with E-state index < -0.39 is 0 Å². The van der Waals surface area contributed by atoms with Gasteiger partial charge in [-0.1, -0.05) is 53.5 Å². The topological polar surface area (TPSA) is 15.3 Å². The average molecular weight is 343 g/mol. The second kappa shape index (κ2) is 7.61. The molecule has 114 valence electrons. The Morgan fingerprint density at radius 1 is 1.19 bits per heavy atom. The zero-order chi connectivity index (χ0) is 15.4. The van der Waals surface area contributed by atoms with E-state index in [4.69, 9.17) is 23.2 Å². The molecule has 0 saturated heterocycles. The van der Waals surface area contributed by atoms with Crippen molar-refractivity contribution in [3.8, 4) is 0 Å². The van der Waals surface area contributed by atoms with E-state index in [0.717, 1.165) is 20.8 Å². The van der Waals surface area contributed by atoms with Crippen molar-refractivity contribution in [2.75, 3.05) is 20.6 Å². The molecule has 0 spiro atoms. The fraction of sp³-hybridized carbons (Fsp3) is 0.375. The Labute approximate surface area is 140 Å². The first-order valence-corrected chi connectivity index (χ1v) is 8.45. The van der Waals surface area contributed by atoms with Gasteiger partial charge in [0.05, 0.1) is 8.67 Å². The van der Waals surface area contributed by atoms with E-state index in [1.807, 2.05) is 12.1 Å². The molecule has 0 amide bonds. The molecule has 2 rings (SSSR count). The third kappa shape index (κ3) is 4.70. The number of likely N-dealkylation sites (N-methyl/N-ethyl adjacent to an activating group) is 1. The minimum absolute atomic E-state index is 0.145. The lowest BCUT2D eigenvalue weighted by Gasteiger charge is -2.26. The molecule has 0 fully saturated rings. The van der Waals surface area contributed by atoms with Gasteiger partial charge in [0.2, 0.25) is 0 Å². The molecule has 2 unspecified atom stereocenters. The Morgan fingerprint density at radius 2 is 1.86 bits per heavy atom. The van der Waals surface area contributed by atoms with Crippen molar-refractivity contribution < 1.29 is 0 Å². The fourth-order valence-electron chi connectivity index (χ4n) is 2.34. The Bertz CT molecular complexity index is 569. The molecule has 1 N–H and O–H groups in total. The fourth-order valence-corrected chi connectivity index (χ4v) is 3.99. The highest BCUT2D eigenvalue weighted by Gasteiger charge is 2.19. The van der Waals surface area contributed by atoms with Crippen LogP contribution in [0.25, 0.3) is 0 Å². The van der Waals surface area contributed by atoms with Crippen LogP contribution in [0.5, 0.6) is 0 Å². The monoisotopic (exact) mass is 342 g/mol. The van der Waals surface area contributed by atoms with Gasteiger partial charge < -0.3 is 10.2 Å². The van der Waals surface area contributed by atoms with Crippen molar-refractivity contribution in [2.24, 2.45) is 0 Å². The van der Waals surface area contributed by atoms with E-state index >= 15 is 0 Å². The van der Waals surface area contributed by atoms with Crippen molar-refractivity contribution in [3.05, 3.63) is 56.2 Å². The van der Waals surface area contributed by atoms with Gasteiger partial charge in [-0.2, -0.15) is 0 Å². The molecule has 5 heteroatoms. The Hall–Kier alpha value is -0.580. The smallest absolute Gasteiger partial charge is 0.0991 e. The molecular formula is C16H20Cl2N2S. The molecule has 0 aliphatic carbocycles. The van der Waals surface area contributed by atoms with Crippen LogP contribution >= 0.6 is 34.5 Å². The Morgan fingerprint density at radius 3 is 2.38 bits per heavy atom. The zero-order valence-corrected chi connectivity index (χ0v) is 14.8. The third-order valence-corrected chi connectivity index (χ3v) is 4.87. The number of nitrogens with one attached hydrogen (secondary N) is 1. The highest BCUT2D eigenvalue weighted by Crippen LogP contribution is 2.35. The van der Waals surface area contributed by atoms with Crippen LogP contribution < -0.4 is 5.32 Å². The molecule has 0 aliphatic rings. The summed E-state index contributed by atoms with van der Waals surface area (Å²) in [5.41, 5.74) is 2.34. The summed E-state index contributed by atoms with van der Waals surface area (Å²) >= 11 is 13.7. The van der Waals surface area contributed by atoms with Crippen LogP contribution in [-0.4, -0.2) is 25.5 Å². The van der Waals surface area contributed by atoms with Crippen LogP contribution in [0.4, 0.5) is 0 Å². The summed E-state index contributed by atoms with van der Waals surface area (Å²) in [5.74, 6) is 0. The van der Waals surface area contributed by atoms with Crippen LogP contribution in [0.1, 0.15) is 30.1 Å². The first-order valence-electron chi connectivity index (χ1n) is 6.88. The highest BCUT2D eigenvalue weighted by atomic mass is 35.5. The summed E-state index contributed by atoms with van der Waals surface area (Å²) in [5, 5.41) is 3.66. The lowest BCUT2D eigenvalue weighted by molar-refractivity contribution is 0.325. The second-order valence-corrected chi connectivity index (χ2v) is 7.68. The summed E-state index contributed by atoms with van der Waals surface area (Å²) in [6.07, 6.45) is 0. The molecule has 0 aliphatic heterocycles. The first-order chi connectivity index (χ1) is 9.97. The van der Waals surface area contributed by atoms with E-state index in [1.54, 1.807) is 0 Å². The number of hydrogen-bond acceptors (Lipinski definition) is 3. The van der Waals surface area contributed by atoms with E-state index in [2.05, 4.69) is 55.5 Å². The van der Waals surface area contributed by atoms with Crippen LogP contribution in [0.2, 0.25) is 8.67 Å². The van der Waals surface area contributed by atoms with Gasteiger partial charge in [-0.3, -0.25) is 0 Å². The van der Waals surface area contributed by atoms with E-state index in [9.17, 15) is 0 Å². The van der Waals surface area contributed by atoms with Crippen LogP contribution in [0.3, 0.4) is 0 Å². The first kappa shape index (κ1) is 16.8. The molecular weight excluding hydrogens is 323 g/mol. The Kier molecular flexibility index (Phi) is 6.08. The van der Waals surface area contributed by atoms with Gasteiger partial charge in [0.25, 0.3) is 0 Å². The maximum absolute atomic E-state index is 6.26. The average Bonchev–Trinajstić information content (AvgIpc) is 2.77. The predicted molar refractivity (Wildman–Crippen MR) is 93.6 cm³/mol. The standard InChI is InChI=1S/C16H20Cl2N2S/c1-11(13-9-15(17)21-16(13)18)19-14(10-20(2)3)12-7-5-4-6-8-12/h4-9,11,14,19H,10H2,1-3H3. The molecule has 1 heterocycles. The summed E-state index contributed by atoms with van der Waals surface area (Å²) < 4.78 is 1.49. The number of benzene rings is 1. The van der Waals surface area contributed by atoms with Crippen molar-refractivity contribution in [3.63, 3.8) is 0 Å². The quantitative estimate of drug-likeness (QED) is 0.793. The van der Waals surface area contributed by atoms with Crippen molar-refractivity contribution >= 4 is 34.5 Å². The minimum atomic E-state index is 0.145. The number of rotatable bonds is 6. The van der Waals surface area contributed by atoms with Gasteiger partial charge in [0.1, 0.15) is 0 Å². The lowest BCUT2D eigenvalue weighted by atomic mass is 10.0. The largest absolute Gasteiger partial charge is 0.308 e. The lowest BCUT2D eigenvalue weighted by Crippen LogP contribution is -2.32. The molecule has 1 aromatic carbocycles. The maximum Gasteiger partial charge on any atom is 0.0991 e. The van der Waals surface area contributed by atoms with Crippen molar-refractivity contribution in [1.29, 1.82) is 0 Å². The van der Waals surface area contributed by atoms with Gasteiger partial charge in [0, 0.05) is 18.6 Å². The van der Waals surface area contributed by atoms with E-state index in [1.165, 1.54) is 16.9 Å². The Balaban J connectivity index is 2.17. The summed E-state index contributed by atoms with van der Waals surface area (Å²) in [4.78, 5) is 2.18. The van der Waals surface area contributed by atoms with Gasteiger partial charge >= 0.3 is 0 Å². The molecule has 2 aromatic rings. The van der Waals surface area contributed by atoms with Gasteiger partial charge in [-0.25, -0.2) is 0 Å². The molecule has 2 nitrogen and oxygen atoms in total. The van der Waals surface area contributed by atoms with Crippen LogP contribution in [-0.2, 0) is 0 Å². The van der Waals surface area contributed by atoms with Gasteiger partial charge in [0.15, 0.2) is 0 Å². The SMILES string of the molecule is CC(NC(CN(C)C)c1ccccc1)c1cc(Cl)sc1Cl. The van der Waals surface area contributed by atoms with Gasteiger partial charge in [-0.15, -0.1) is 11.3 Å². The summed E-state index contributed by atoms with van der Waals surface area (Å²) in [7, 11) is 4.16. The molecule has 0 radical (unpaired) electrons.